The van der Waals surface area contributed by atoms with Gasteiger partial charge in [-0.2, -0.15) is 0 Å². The maximum atomic E-state index is 9.88. The van der Waals surface area contributed by atoms with Crippen molar-refractivity contribution in [3.05, 3.63) is 30.3 Å². The van der Waals surface area contributed by atoms with E-state index < -0.39 is 6.10 Å². The summed E-state index contributed by atoms with van der Waals surface area (Å²) < 4.78 is 5.52. The van der Waals surface area contributed by atoms with Crippen LogP contribution in [0.5, 0.6) is 5.75 Å². The van der Waals surface area contributed by atoms with E-state index in [2.05, 4.69) is 10.2 Å². The Balaban J connectivity index is 0.00000162. The predicted octanol–water partition coefficient (Wildman–Crippen LogP) is 0.753. The van der Waals surface area contributed by atoms with E-state index in [1.807, 2.05) is 30.3 Å². The third-order valence-electron chi connectivity index (χ3n) is 2.86. The molecule has 1 saturated heterocycles. The first-order chi connectivity index (χ1) is 8.34. The van der Waals surface area contributed by atoms with E-state index in [1.165, 1.54) is 0 Å². The Bertz CT molecular complexity index is 318. The number of aliphatic hydroxyl groups is 1. The first kappa shape index (κ1) is 15.2. The molecule has 102 valence electrons. The van der Waals surface area contributed by atoms with Crippen molar-refractivity contribution in [3.8, 4) is 5.75 Å². The summed E-state index contributed by atoms with van der Waals surface area (Å²) >= 11 is 0. The minimum Gasteiger partial charge on any atom is -0.491 e. The molecule has 0 saturated carbocycles. The molecule has 1 atom stereocenters. The molecule has 0 radical (unpaired) electrons. The van der Waals surface area contributed by atoms with Gasteiger partial charge in [0.25, 0.3) is 0 Å². The van der Waals surface area contributed by atoms with Crippen molar-refractivity contribution in [1.82, 2.24) is 10.2 Å². The van der Waals surface area contributed by atoms with Crippen molar-refractivity contribution in [2.75, 3.05) is 39.3 Å². The topological polar surface area (TPSA) is 44.7 Å². The Morgan fingerprint density at radius 1 is 1.22 bits per heavy atom. The second kappa shape index (κ2) is 8.32. The van der Waals surface area contributed by atoms with E-state index in [4.69, 9.17) is 4.74 Å². The highest BCUT2D eigenvalue weighted by atomic mass is 35.5. The predicted molar refractivity (Wildman–Crippen MR) is 74.5 cm³/mol. The summed E-state index contributed by atoms with van der Waals surface area (Å²) in [6.45, 7) is 5.06. The Morgan fingerprint density at radius 2 is 1.89 bits per heavy atom. The molecule has 0 bridgehead atoms. The summed E-state index contributed by atoms with van der Waals surface area (Å²) in [5.41, 5.74) is 0. The van der Waals surface area contributed by atoms with Gasteiger partial charge >= 0.3 is 0 Å². The second-order valence-corrected chi connectivity index (χ2v) is 4.33. The zero-order valence-electron chi connectivity index (χ0n) is 10.4. The van der Waals surface area contributed by atoms with Crippen LogP contribution < -0.4 is 10.1 Å². The second-order valence-electron chi connectivity index (χ2n) is 4.33. The standard InChI is InChI=1S/C13H20N2O2.ClH/c16-12(10-15-8-6-14-7-9-15)11-17-13-4-2-1-3-5-13;/h1-5,12,14,16H,6-11H2;1H. The van der Waals surface area contributed by atoms with E-state index in [9.17, 15) is 5.11 Å². The van der Waals surface area contributed by atoms with E-state index in [-0.39, 0.29) is 12.4 Å². The summed E-state index contributed by atoms with van der Waals surface area (Å²) in [4.78, 5) is 2.26. The third kappa shape index (κ3) is 5.23. The zero-order valence-corrected chi connectivity index (χ0v) is 11.2. The number of nitrogens with zero attached hydrogens (tertiary/aromatic N) is 1. The van der Waals surface area contributed by atoms with Gasteiger partial charge in [0.2, 0.25) is 0 Å². The van der Waals surface area contributed by atoms with Crippen LogP contribution in [0.1, 0.15) is 0 Å². The number of β-amino-alcohol motifs (C(OH)–C–C–N with tert-alkyl or cyclic N) is 1. The van der Waals surface area contributed by atoms with Crippen LogP contribution >= 0.6 is 12.4 Å². The molecular formula is C13H21ClN2O2. The number of benzene rings is 1. The van der Waals surface area contributed by atoms with Crippen LogP contribution in [0.3, 0.4) is 0 Å². The molecule has 18 heavy (non-hydrogen) atoms. The molecule has 0 aliphatic carbocycles. The summed E-state index contributed by atoms with van der Waals surface area (Å²) in [5.74, 6) is 0.812. The minimum absolute atomic E-state index is 0. The summed E-state index contributed by atoms with van der Waals surface area (Å²) in [6.07, 6.45) is -0.423. The lowest BCUT2D eigenvalue weighted by atomic mass is 10.3. The molecule has 0 aromatic heterocycles. The van der Waals surface area contributed by atoms with E-state index in [1.54, 1.807) is 0 Å². The Hall–Kier alpha value is -0.810. The molecule has 1 unspecified atom stereocenters. The Kier molecular flexibility index (Phi) is 7.05. The fourth-order valence-corrected chi connectivity index (χ4v) is 1.95. The monoisotopic (exact) mass is 272 g/mol. The molecule has 1 aliphatic heterocycles. The van der Waals surface area contributed by atoms with Crippen molar-refractivity contribution >= 4 is 12.4 Å². The molecule has 1 fully saturated rings. The van der Waals surface area contributed by atoms with Gasteiger partial charge < -0.3 is 15.2 Å². The maximum absolute atomic E-state index is 9.88. The van der Waals surface area contributed by atoms with Crippen molar-refractivity contribution in [1.29, 1.82) is 0 Å². The smallest absolute Gasteiger partial charge is 0.119 e. The molecule has 5 heteroatoms. The molecule has 0 amide bonds. The quantitative estimate of drug-likeness (QED) is 0.831. The first-order valence-corrected chi connectivity index (χ1v) is 6.13. The number of halogens is 1. The molecule has 2 N–H and O–H groups in total. The fraction of sp³-hybridized carbons (Fsp3) is 0.538. The number of aliphatic hydroxyl groups excluding tert-OH is 1. The fourth-order valence-electron chi connectivity index (χ4n) is 1.95. The SMILES string of the molecule is Cl.OC(COc1ccccc1)CN1CCNCC1. The largest absolute Gasteiger partial charge is 0.491 e. The van der Waals surface area contributed by atoms with Crippen LogP contribution in [-0.4, -0.2) is 55.4 Å². The Labute approximate surface area is 114 Å². The van der Waals surface area contributed by atoms with Crippen molar-refractivity contribution in [3.63, 3.8) is 0 Å². The van der Waals surface area contributed by atoms with Crippen LogP contribution in [0.2, 0.25) is 0 Å². The molecule has 4 nitrogen and oxygen atoms in total. The molecule has 2 rings (SSSR count). The molecule has 1 aromatic rings. The summed E-state index contributed by atoms with van der Waals surface area (Å²) in [5, 5.41) is 13.2. The van der Waals surface area contributed by atoms with Crippen LogP contribution in [-0.2, 0) is 0 Å². The van der Waals surface area contributed by atoms with Gasteiger partial charge in [0.1, 0.15) is 18.5 Å². The van der Waals surface area contributed by atoms with Gasteiger partial charge in [0.15, 0.2) is 0 Å². The molecule has 1 aromatic carbocycles. The molecular weight excluding hydrogens is 252 g/mol. The maximum Gasteiger partial charge on any atom is 0.119 e. The summed E-state index contributed by atoms with van der Waals surface area (Å²) in [6, 6.07) is 9.61. The number of ether oxygens (including phenoxy) is 1. The average molecular weight is 273 g/mol. The number of rotatable bonds is 5. The average Bonchev–Trinajstić information content (AvgIpc) is 2.39. The lowest BCUT2D eigenvalue weighted by Gasteiger charge is -2.28. The highest BCUT2D eigenvalue weighted by Crippen LogP contribution is 2.08. The first-order valence-electron chi connectivity index (χ1n) is 6.13. The molecule has 0 spiro atoms. The highest BCUT2D eigenvalue weighted by molar-refractivity contribution is 5.85. The summed E-state index contributed by atoms with van der Waals surface area (Å²) in [7, 11) is 0. The van der Waals surface area contributed by atoms with Gasteiger partial charge in [-0.15, -0.1) is 12.4 Å². The van der Waals surface area contributed by atoms with Gasteiger partial charge in [-0.05, 0) is 12.1 Å². The van der Waals surface area contributed by atoms with E-state index >= 15 is 0 Å². The van der Waals surface area contributed by atoms with Crippen LogP contribution in [0.15, 0.2) is 30.3 Å². The minimum atomic E-state index is -0.423. The van der Waals surface area contributed by atoms with Gasteiger partial charge in [0.05, 0.1) is 0 Å². The van der Waals surface area contributed by atoms with Gasteiger partial charge in [-0.1, -0.05) is 18.2 Å². The normalized spacial score (nSPS) is 17.8. The molecule has 1 aliphatic rings. The van der Waals surface area contributed by atoms with E-state index in [0.717, 1.165) is 31.9 Å². The number of para-hydroxylation sites is 1. The lowest BCUT2D eigenvalue weighted by molar-refractivity contribution is 0.0641. The third-order valence-corrected chi connectivity index (χ3v) is 2.86. The molecule has 1 heterocycles. The lowest BCUT2D eigenvalue weighted by Crippen LogP contribution is -2.47. The number of piperazine rings is 1. The number of hydrogen-bond acceptors (Lipinski definition) is 4. The number of nitrogens with one attached hydrogen (secondary N) is 1. The zero-order chi connectivity index (χ0) is 11.9. The van der Waals surface area contributed by atoms with Crippen molar-refractivity contribution < 1.29 is 9.84 Å². The van der Waals surface area contributed by atoms with Crippen LogP contribution in [0.25, 0.3) is 0 Å². The highest BCUT2D eigenvalue weighted by Gasteiger charge is 2.14. The Morgan fingerprint density at radius 3 is 2.56 bits per heavy atom. The van der Waals surface area contributed by atoms with Gasteiger partial charge in [0, 0.05) is 32.7 Å². The van der Waals surface area contributed by atoms with Crippen LogP contribution in [0, 0.1) is 0 Å². The van der Waals surface area contributed by atoms with Crippen molar-refractivity contribution in [2.45, 2.75) is 6.10 Å². The number of hydrogen-bond donors (Lipinski definition) is 2. The van der Waals surface area contributed by atoms with Crippen molar-refractivity contribution in [2.24, 2.45) is 0 Å². The van der Waals surface area contributed by atoms with Gasteiger partial charge in [-0.25, -0.2) is 0 Å². The van der Waals surface area contributed by atoms with Gasteiger partial charge in [-0.3, -0.25) is 4.90 Å². The van der Waals surface area contributed by atoms with E-state index in [0.29, 0.717) is 13.2 Å². The van der Waals surface area contributed by atoms with Crippen LogP contribution in [0.4, 0.5) is 0 Å².